The number of fused-ring (bicyclic) bond motifs is 1. The van der Waals surface area contributed by atoms with E-state index in [1.54, 1.807) is 17.4 Å². The molecule has 0 aliphatic heterocycles. The van der Waals surface area contributed by atoms with Gasteiger partial charge in [0.05, 0.1) is 16.0 Å². The van der Waals surface area contributed by atoms with Crippen LogP contribution in [0.3, 0.4) is 0 Å². The summed E-state index contributed by atoms with van der Waals surface area (Å²) < 4.78 is 2.97. The third-order valence-corrected chi connectivity index (χ3v) is 5.84. The number of anilines is 1. The first-order valence-electron chi connectivity index (χ1n) is 9.01. The maximum Gasteiger partial charge on any atom is 0.260 e. The Kier molecular flexibility index (Phi) is 5.41. The highest BCUT2D eigenvalue weighted by molar-refractivity contribution is 7.22. The zero-order valence-electron chi connectivity index (χ0n) is 15.4. The van der Waals surface area contributed by atoms with Gasteiger partial charge in [-0.2, -0.15) is 0 Å². The first-order valence-corrected chi connectivity index (χ1v) is 10.2. The summed E-state index contributed by atoms with van der Waals surface area (Å²) in [6.45, 7) is 3.35. The summed E-state index contributed by atoms with van der Waals surface area (Å²) in [5.41, 5.74) is 2.51. The van der Waals surface area contributed by atoms with E-state index in [1.807, 2.05) is 60.2 Å². The van der Waals surface area contributed by atoms with Gasteiger partial charge in [-0.1, -0.05) is 46.7 Å². The lowest BCUT2D eigenvalue weighted by Gasteiger charge is -2.20. The highest BCUT2D eigenvalue weighted by Crippen LogP contribution is 2.33. The summed E-state index contributed by atoms with van der Waals surface area (Å²) in [5, 5.41) is 1.26. The second-order valence-corrected chi connectivity index (χ2v) is 7.98. The van der Waals surface area contributed by atoms with Crippen LogP contribution in [0.2, 0.25) is 5.02 Å². The number of nitrogens with zero attached hydrogens (tertiary/aromatic N) is 4. The van der Waals surface area contributed by atoms with E-state index in [4.69, 9.17) is 11.6 Å². The van der Waals surface area contributed by atoms with Crippen molar-refractivity contribution in [1.29, 1.82) is 0 Å². The smallest absolute Gasteiger partial charge is 0.260 e. The lowest BCUT2D eigenvalue weighted by atomic mass is 10.1. The van der Waals surface area contributed by atoms with Crippen LogP contribution in [0.4, 0.5) is 5.13 Å². The number of aryl methyl sites for hydroxylation is 2. The molecule has 1 amide bonds. The van der Waals surface area contributed by atoms with Gasteiger partial charge in [0.2, 0.25) is 0 Å². The average Bonchev–Trinajstić information content (AvgIpc) is 3.36. The van der Waals surface area contributed by atoms with Crippen molar-refractivity contribution in [2.75, 3.05) is 11.4 Å². The molecule has 4 aromatic rings. The van der Waals surface area contributed by atoms with E-state index in [9.17, 15) is 4.79 Å². The Hall–Kier alpha value is -2.70. The minimum Gasteiger partial charge on any atom is -0.337 e. The van der Waals surface area contributed by atoms with Crippen LogP contribution in [0.25, 0.3) is 10.2 Å². The molecule has 0 atom stereocenters. The quantitative estimate of drug-likeness (QED) is 0.439. The summed E-state index contributed by atoms with van der Waals surface area (Å²) >= 11 is 7.78. The fourth-order valence-corrected chi connectivity index (χ4v) is 4.27. The van der Waals surface area contributed by atoms with E-state index in [-0.39, 0.29) is 5.91 Å². The molecule has 0 N–H and O–H groups in total. The van der Waals surface area contributed by atoms with Crippen LogP contribution < -0.4 is 4.90 Å². The SMILES string of the molecule is Cc1ccc(C(=O)N(CCCn2ccnc2)c2nc3c(Cl)cccc3s2)cc1. The topological polar surface area (TPSA) is 51.0 Å². The molecule has 7 heteroatoms. The second-order valence-electron chi connectivity index (χ2n) is 6.56. The average molecular weight is 411 g/mol. The molecule has 0 aliphatic rings. The van der Waals surface area contributed by atoms with Crippen LogP contribution in [-0.4, -0.2) is 27.0 Å². The van der Waals surface area contributed by atoms with Crippen molar-refractivity contribution in [1.82, 2.24) is 14.5 Å². The summed E-state index contributed by atoms with van der Waals surface area (Å²) in [6.07, 6.45) is 6.25. The number of halogens is 1. The number of benzene rings is 2. The zero-order chi connectivity index (χ0) is 19.5. The molecular formula is C21H19ClN4OS. The molecule has 0 bridgehead atoms. The molecule has 0 fully saturated rings. The molecule has 2 aromatic carbocycles. The van der Waals surface area contributed by atoms with Crippen molar-refractivity contribution in [3.8, 4) is 0 Å². The van der Waals surface area contributed by atoms with E-state index < -0.39 is 0 Å². The molecular weight excluding hydrogens is 392 g/mol. The maximum atomic E-state index is 13.3. The lowest BCUT2D eigenvalue weighted by molar-refractivity contribution is 0.0986. The van der Waals surface area contributed by atoms with Gasteiger partial charge in [-0.15, -0.1) is 0 Å². The molecule has 0 spiro atoms. The fourth-order valence-electron chi connectivity index (χ4n) is 2.99. The van der Waals surface area contributed by atoms with Crippen LogP contribution in [0.15, 0.2) is 61.2 Å². The Morgan fingerprint density at radius 3 is 2.75 bits per heavy atom. The highest BCUT2D eigenvalue weighted by atomic mass is 35.5. The van der Waals surface area contributed by atoms with Gasteiger partial charge in [-0.25, -0.2) is 9.97 Å². The number of imidazole rings is 1. The van der Waals surface area contributed by atoms with Gasteiger partial charge >= 0.3 is 0 Å². The Morgan fingerprint density at radius 1 is 1.21 bits per heavy atom. The van der Waals surface area contributed by atoms with E-state index in [2.05, 4.69) is 9.97 Å². The molecule has 0 aliphatic carbocycles. The number of thiazole rings is 1. The predicted octanol–water partition coefficient (Wildman–Crippen LogP) is 5.19. The van der Waals surface area contributed by atoms with Gasteiger partial charge in [0.15, 0.2) is 5.13 Å². The van der Waals surface area contributed by atoms with Crippen molar-refractivity contribution in [3.05, 3.63) is 77.3 Å². The van der Waals surface area contributed by atoms with Crippen LogP contribution >= 0.6 is 22.9 Å². The van der Waals surface area contributed by atoms with Crippen LogP contribution in [0, 0.1) is 6.92 Å². The predicted molar refractivity (Wildman–Crippen MR) is 114 cm³/mol. The number of carbonyl (C=O) groups is 1. The fraction of sp³-hybridized carbons (Fsp3) is 0.190. The van der Waals surface area contributed by atoms with E-state index >= 15 is 0 Å². The largest absolute Gasteiger partial charge is 0.337 e. The minimum absolute atomic E-state index is 0.0548. The van der Waals surface area contributed by atoms with Crippen LogP contribution in [-0.2, 0) is 6.54 Å². The lowest BCUT2D eigenvalue weighted by Crippen LogP contribution is -2.32. The third-order valence-electron chi connectivity index (χ3n) is 4.49. The normalized spacial score (nSPS) is 11.1. The number of hydrogen-bond acceptors (Lipinski definition) is 4. The Balaban J connectivity index is 1.64. The molecule has 2 aromatic heterocycles. The van der Waals surface area contributed by atoms with E-state index in [0.29, 0.717) is 22.3 Å². The molecule has 0 unspecified atom stereocenters. The molecule has 4 rings (SSSR count). The minimum atomic E-state index is -0.0548. The van der Waals surface area contributed by atoms with Gasteiger partial charge in [0.25, 0.3) is 5.91 Å². The van der Waals surface area contributed by atoms with Gasteiger partial charge in [-0.05, 0) is 37.6 Å². The summed E-state index contributed by atoms with van der Waals surface area (Å²) in [6, 6.07) is 13.3. The van der Waals surface area contributed by atoms with Gasteiger partial charge in [0.1, 0.15) is 5.52 Å². The zero-order valence-corrected chi connectivity index (χ0v) is 17.0. The molecule has 0 radical (unpaired) electrons. The number of para-hydroxylation sites is 1. The molecule has 2 heterocycles. The Bertz CT molecular complexity index is 1090. The molecule has 28 heavy (non-hydrogen) atoms. The molecule has 0 saturated carbocycles. The first kappa shape index (κ1) is 18.7. The van der Waals surface area contributed by atoms with Crippen LogP contribution in [0.5, 0.6) is 0 Å². The standard InChI is InChI=1S/C21H19ClN4OS/c1-15-6-8-16(9-7-15)20(27)26(12-3-11-25-13-10-23-14-25)21-24-19-17(22)4-2-5-18(19)28-21/h2,4-10,13-14H,3,11-12H2,1H3. The van der Waals surface area contributed by atoms with Crippen molar-refractivity contribution >= 4 is 44.2 Å². The number of rotatable bonds is 6. The van der Waals surface area contributed by atoms with E-state index in [1.165, 1.54) is 11.3 Å². The number of amides is 1. The van der Waals surface area contributed by atoms with Crippen molar-refractivity contribution < 1.29 is 4.79 Å². The van der Waals surface area contributed by atoms with Gasteiger partial charge in [0, 0.05) is 31.0 Å². The van der Waals surface area contributed by atoms with Gasteiger partial charge in [-0.3, -0.25) is 9.69 Å². The number of hydrogen-bond donors (Lipinski definition) is 0. The summed E-state index contributed by atoms with van der Waals surface area (Å²) in [5.74, 6) is -0.0548. The molecule has 5 nitrogen and oxygen atoms in total. The van der Waals surface area contributed by atoms with Crippen LogP contribution in [0.1, 0.15) is 22.3 Å². The first-order chi connectivity index (χ1) is 13.6. The Labute approximate surface area is 172 Å². The maximum absolute atomic E-state index is 13.3. The van der Waals surface area contributed by atoms with Crippen molar-refractivity contribution in [2.45, 2.75) is 19.9 Å². The highest BCUT2D eigenvalue weighted by Gasteiger charge is 2.21. The second kappa shape index (κ2) is 8.12. The van der Waals surface area contributed by atoms with Crippen molar-refractivity contribution in [2.24, 2.45) is 0 Å². The summed E-state index contributed by atoms with van der Waals surface area (Å²) in [4.78, 5) is 23.7. The Morgan fingerprint density at radius 2 is 2.04 bits per heavy atom. The third kappa shape index (κ3) is 3.93. The number of carbonyl (C=O) groups excluding carboxylic acids is 1. The van der Waals surface area contributed by atoms with Gasteiger partial charge < -0.3 is 4.57 Å². The summed E-state index contributed by atoms with van der Waals surface area (Å²) in [7, 11) is 0. The number of aromatic nitrogens is 3. The monoisotopic (exact) mass is 410 g/mol. The van der Waals surface area contributed by atoms with E-state index in [0.717, 1.165) is 28.7 Å². The van der Waals surface area contributed by atoms with Crippen molar-refractivity contribution in [3.63, 3.8) is 0 Å². The molecule has 142 valence electrons. The molecule has 0 saturated heterocycles.